The topological polar surface area (TPSA) is 101 Å². The molecule has 0 fully saturated rings. The molecule has 0 saturated heterocycles. The Kier molecular flexibility index (Phi) is 3.76. The molecule has 2 atom stereocenters. The van der Waals surface area contributed by atoms with Crippen molar-refractivity contribution in [3.8, 4) is 0 Å². The number of aliphatic hydroxyl groups is 2. The first-order chi connectivity index (χ1) is 7.45. The van der Waals surface area contributed by atoms with Crippen LogP contribution in [-0.4, -0.2) is 28.5 Å². The minimum atomic E-state index is -1.68. The quantitative estimate of drug-likeness (QED) is 0.609. The van der Waals surface area contributed by atoms with E-state index in [4.69, 9.17) is 5.73 Å². The summed E-state index contributed by atoms with van der Waals surface area (Å²) >= 11 is 0. The Bertz CT molecular complexity index is 416. The molecule has 0 aliphatic carbocycles. The van der Waals surface area contributed by atoms with Crippen molar-refractivity contribution in [3.63, 3.8) is 0 Å². The molecule has 0 spiro atoms. The molecule has 1 aromatic rings. The molecule has 0 radical (unpaired) electrons. The molecule has 0 saturated carbocycles. The van der Waals surface area contributed by atoms with Gasteiger partial charge in [-0.15, -0.1) is 0 Å². The van der Waals surface area contributed by atoms with Crippen LogP contribution in [0.4, 0.5) is 0 Å². The second-order valence-corrected chi connectivity index (χ2v) is 3.59. The Morgan fingerprint density at radius 1 is 1.38 bits per heavy atom. The highest BCUT2D eigenvalue weighted by Crippen LogP contribution is 2.19. The average Bonchev–Trinajstić information content (AvgIpc) is 2.25. The molecule has 0 bridgehead atoms. The summed E-state index contributed by atoms with van der Waals surface area (Å²) in [6.07, 6.45) is -2.47. The van der Waals surface area contributed by atoms with Crippen LogP contribution in [0.25, 0.3) is 0 Å². The molecule has 5 heteroatoms. The number of nitrogens with two attached hydrogens (primary N) is 1. The molecule has 1 aromatic carbocycles. The SMILES string of the molecule is Cc1cc(C=O)cc(C(O)C(O)C(N)=O)c1. The minimum Gasteiger partial charge on any atom is -0.385 e. The van der Waals surface area contributed by atoms with Gasteiger partial charge in [-0.2, -0.15) is 0 Å². The summed E-state index contributed by atoms with van der Waals surface area (Å²) in [5.74, 6) is -1.01. The first-order valence-corrected chi connectivity index (χ1v) is 4.68. The predicted molar refractivity (Wildman–Crippen MR) is 56.7 cm³/mol. The predicted octanol–water partition coefficient (Wildman–Crippen LogP) is -0.313. The molecule has 1 amide bonds. The van der Waals surface area contributed by atoms with Gasteiger partial charge in [-0.25, -0.2) is 0 Å². The van der Waals surface area contributed by atoms with Crippen LogP contribution < -0.4 is 5.73 Å². The summed E-state index contributed by atoms with van der Waals surface area (Å²) < 4.78 is 0. The molecule has 0 aliphatic rings. The van der Waals surface area contributed by atoms with Gasteiger partial charge in [0.2, 0.25) is 5.91 Å². The molecule has 0 aromatic heterocycles. The number of hydrogen-bond donors (Lipinski definition) is 3. The van der Waals surface area contributed by atoms with Crippen molar-refractivity contribution in [1.29, 1.82) is 0 Å². The van der Waals surface area contributed by atoms with Gasteiger partial charge >= 0.3 is 0 Å². The van der Waals surface area contributed by atoms with Gasteiger partial charge in [0.15, 0.2) is 6.10 Å². The lowest BCUT2D eigenvalue weighted by atomic mass is 9.99. The van der Waals surface area contributed by atoms with Crippen molar-refractivity contribution in [3.05, 3.63) is 34.9 Å². The van der Waals surface area contributed by atoms with E-state index in [1.807, 2.05) is 0 Å². The molecule has 0 heterocycles. The summed E-state index contributed by atoms with van der Waals surface area (Å²) in [5, 5.41) is 18.9. The third-order valence-corrected chi connectivity index (χ3v) is 2.19. The first-order valence-electron chi connectivity index (χ1n) is 4.68. The number of rotatable bonds is 4. The number of aliphatic hydroxyl groups excluding tert-OH is 2. The third-order valence-electron chi connectivity index (χ3n) is 2.19. The maximum atomic E-state index is 10.7. The summed E-state index contributed by atoms with van der Waals surface area (Å²) in [7, 11) is 0. The molecule has 5 nitrogen and oxygen atoms in total. The van der Waals surface area contributed by atoms with Gasteiger partial charge in [-0.1, -0.05) is 11.6 Å². The van der Waals surface area contributed by atoms with Gasteiger partial charge in [0.05, 0.1) is 0 Å². The smallest absolute Gasteiger partial charge is 0.249 e. The van der Waals surface area contributed by atoms with Crippen LogP contribution in [0.2, 0.25) is 0 Å². The van der Waals surface area contributed by atoms with Crippen molar-refractivity contribution < 1.29 is 19.8 Å². The molecule has 2 unspecified atom stereocenters. The molecule has 0 aliphatic heterocycles. The van der Waals surface area contributed by atoms with E-state index in [-0.39, 0.29) is 5.56 Å². The Balaban J connectivity index is 3.07. The molecule has 4 N–H and O–H groups in total. The van der Waals surface area contributed by atoms with Gasteiger partial charge in [-0.3, -0.25) is 9.59 Å². The summed E-state index contributed by atoms with van der Waals surface area (Å²) in [4.78, 5) is 21.3. The van der Waals surface area contributed by atoms with Gasteiger partial charge in [0, 0.05) is 5.56 Å². The van der Waals surface area contributed by atoms with Crippen LogP contribution in [0, 0.1) is 6.92 Å². The second kappa shape index (κ2) is 4.87. The zero-order chi connectivity index (χ0) is 12.3. The van der Waals surface area contributed by atoms with Crippen molar-refractivity contribution in [2.75, 3.05) is 0 Å². The van der Waals surface area contributed by atoms with E-state index < -0.39 is 18.1 Å². The van der Waals surface area contributed by atoms with Gasteiger partial charge in [-0.05, 0) is 24.6 Å². The molecule has 86 valence electrons. The van der Waals surface area contributed by atoms with E-state index in [9.17, 15) is 19.8 Å². The standard InChI is InChI=1S/C11H13NO4/c1-6-2-7(5-13)4-8(3-6)9(14)10(15)11(12)16/h2-5,9-10,14-15H,1H3,(H2,12,16). The van der Waals surface area contributed by atoms with Gasteiger partial charge < -0.3 is 15.9 Å². The lowest BCUT2D eigenvalue weighted by Gasteiger charge is -2.16. The van der Waals surface area contributed by atoms with Crippen molar-refractivity contribution in [2.45, 2.75) is 19.1 Å². The van der Waals surface area contributed by atoms with E-state index in [0.717, 1.165) is 5.56 Å². The fraction of sp³-hybridized carbons (Fsp3) is 0.273. The van der Waals surface area contributed by atoms with Gasteiger partial charge in [0.25, 0.3) is 0 Å². The van der Waals surface area contributed by atoms with E-state index in [1.165, 1.54) is 6.07 Å². The van der Waals surface area contributed by atoms with Crippen molar-refractivity contribution >= 4 is 12.2 Å². The zero-order valence-corrected chi connectivity index (χ0v) is 8.75. The average molecular weight is 223 g/mol. The minimum absolute atomic E-state index is 0.286. The number of aldehydes is 1. The van der Waals surface area contributed by atoms with Crippen molar-refractivity contribution in [2.24, 2.45) is 5.73 Å². The summed E-state index contributed by atoms with van der Waals surface area (Å²) in [6, 6.07) is 4.60. The number of hydrogen-bond acceptors (Lipinski definition) is 4. The highest BCUT2D eigenvalue weighted by Gasteiger charge is 2.23. The summed E-state index contributed by atoms with van der Waals surface area (Å²) in [6.45, 7) is 1.74. The Morgan fingerprint density at radius 2 is 2.00 bits per heavy atom. The van der Waals surface area contributed by atoms with Crippen LogP contribution >= 0.6 is 0 Å². The highest BCUT2D eigenvalue weighted by molar-refractivity contribution is 5.80. The van der Waals surface area contributed by atoms with Gasteiger partial charge in [0.1, 0.15) is 12.4 Å². The van der Waals surface area contributed by atoms with Crippen LogP contribution in [0.5, 0.6) is 0 Å². The lowest BCUT2D eigenvalue weighted by Crippen LogP contribution is -2.33. The fourth-order valence-corrected chi connectivity index (χ4v) is 1.42. The maximum absolute atomic E-state index is 10.7. The molecular weight excluding hydrogens is 210 g/mol. The molecular formula is C11H13NO4. The number of benzene rings is 1. The fourth-order valence-electron chi connectivity index (χ4n) is 1.42. The van der Waals surface area contributed by atoms with E-state index in [1.54, 1.807) is 19.1 Å². The van der Waals surface area contributed by atoms with Crippen LogP contribution in [0.15, 0.2) is 18.2 Å². The van der Waals surface area contributed by atoms with E-state index >= 15 is 0 Å². The number of primary amides is 1. The normalized spacial score (nSPS) is 14.2. The monoisotopic (exact) mass is 223 g/mol. The van der Waals surface area contributed by atoms with E-state index in [2.05, 4.69) is 0 Å². The zero-order valence-electron chi connectivity index (χ0n) is 8.75. The third kappa shape index (κ3) is 2.65. The van der Waals surface area contributed by atoms with Crippen molar-refractivity contribution in [1.82, 2.24) is 0 Å². The largest absolute Gasteiger partial charge is 0.385 e. The number of aryl methyl sites for hydroxylation is 1. The Morgan fingerprint density at radius 3 is 2.50 bits per heavy atom. The first kappa shape index (κ1) is 12.4. The highest BCUT2D eigenvalue weighted by atomic mass is 16.3. The van der Waals surface area contributed by atoms with E-state index in [0.29, 0.717) is 11.8 Å². The summed E-state index contributed by atoms with van der Waals surface area (Å²) in [5.41, 5.74) is 6.26. The molecule has 16 heavy (non-hydrogen) atoms. The lowest BCUT2D eigenvalue weighted by molar-refractivity contribution is -0.131. The van der Waals surface area contributed by atoms with Crippen LogP contribution in [-0.2, 0) is 4.79 Å². The second-order valence-electron chi connectivity index (χ2n) is 3.59. The number of carbonyl (C=O) groups is 2. The molecule has 1 rings (SSSR count). The number of amides is 1. The van der Waals surface area contributed by atoms with Crippen LogP contribution in [0.3, 0.4) is 0 Å². The number of carbonyl (C=O) groups excluding carboxylic acids is 2. The Labute approximate surface area is 92.5 Å². The maximum Gasteiger partial charge on any atom is 0.249 e. The Hall–Kier alpha value is -1.72. The van der Waals surface area contributed by atoms with Crippen LogP contribution in [0.1, 0.15) is 27.6 Å².